The van der Waals surface area contributed by atoms with Crippen LogP contribution >= 0.6 is 15.9 Å². The molecule has 0 aliphatic rings. The molecule has 0 bridgehead atoms. The molecule has 1 aromatic heterocycles. The van der Waals surface area contributed by atoms with Gasteiger partial charge in [-0.1, -0.05) is 27.7 Å². The quantitative estimate of drug-likeness (QED) is 0.231. The Hall–Kier alpha value is -2.22. The summed E-state index contributed by atoms with van der Waals surface area (Å²) < 4.78 is 49.4. The molecule has 1 atom stereocenters. The van der Waals surface area contributed by atoms with Crippen molar-refractivity contribution in [2.75, 3.05) is 26.0 Å². The summed E-state index contributed by atoms with van der Waals surface area (Å²) in [6, 6.07) is 6.57. The van der Waals surface area contributed by atoms with Gasteiger partial charge in [0.25, 0.3) is 0 Å². The third kappa shape index (κ3) is 9.20. The SMILES string of the molecule is C=NS(=O)NC(CNc1ccc(Br)c(S(=O)(=O)N(C)C)c1O)=NCc1ccc(C)o1.CC.CC. The van der Waals surface area contributed by atoms with Crippen LogP contribution < -0.4 is 10.0 Å². The van der Waals surface area contributed by atoms with Crippen molar-refractivity contribution in [2.24, 2.45) is 9.39 Å². The molecule has 1 unspecified atom stereocenters. The minimum Gasteiger partial charge on any atom is -0.504 e. The molecule has 0 fully saturated rings. The summed E-state index contributed by atoms with van der Waals surface area (Å²) in [5.74, 6) is 1.13. The zero-order valence-corrected chi connectivity index (χ0v) is 23.8. The largest absolute Gasteiger partial charge is 0.504 e. The first-order valence-electron chi connectivity index (χ1n) is 10.5. The zero-order valence-electron chi connectivity index (χ0n) is 20.5. The normalized spacial score (nSPS) is 12.1. The number of rotatable bonds is 9. The van der Waals surface area contributed by atoms with Crippen molar-refractivity contribution in [3.05, 3.63) is 40.3 Å². The third-order valence-electron chi connectivity index (χ3n) is 3.81. The van der Waals surface area contributed by atoms with Gasteiger partial charge in [-0.3, -0.25) is 9.71 Å². The number of aliphatic imine (C=N–C) groups is 1. The highest BCUT2D eigenvalue weighted by Gasteiger charge is 2.26. The second kappa shape index (κ2) is 15.6. The first-order chi connectivity index (χ1) is 16.1. The fraction of sp³-hybridized carbons (Fsp3) is 0.429. The maximum atomic E-state index is 12.5. The number of halogens is 1. The lowest BCUT2D eigenvalue weighted by Gasteiger charge is -2.17. The molecule has 2 aromatic rings. The van der Waals surface area contributed by atoms with E-state index >= 15 is 0 Å². The van der Waals surface area contributed by atoms with Crippen LogP contribution in [0.1, 0.15) is 39.2 Å². The van der Waals surface area contributed by atoms with Gasteiger partial charge in [0.05, 0.1) is 18.8 Å². The molecule has 0 aliphatic heterocycles. The summed E-state index contributed by atoms with van der Waals surface area (Å²) >= 11 is 1.35. The molecule has 10 nitrogen and oxygen atoms in total. The monoisotopic (exact) mass is 579 g/mol. The number of benzene rings is 1. The zero-order chi connectivity index (χ0) is 26.5. The number of sulfonamides is 1. The van der Waals surface area contributed by atoms with E-state index in [-0.39, 0.29) is 34.0 Å². The fourth-order valence-electron chi connectivity index (χ4n) is 2.30. The Morgan fingerprint density at radius 1 is 1.21 bits per heavy atom. The highest BCUT2D eigenvalue weighted by molar-refractivity contribution is 9.10. The second-order valence-electron chi connectivity index (χ2n) is 6.17. The van der Waals surface area contributed by atoms with Crippen molar-refractivity contribution in [3.8, 4) is 5.75 Å². The Balaban J connectivity index is 0.00000258. The summed E-state index contributed by atoms with van der Waals surface area (Å²) in [6.45, 7) is 13.2. The molecule has 0 saturated heterocycles. The van der Waals surface area contributed by atoms with Crippen molar-refractivity contribution in [1.82, 2.24) is 9.03 Å². The number of aromatic hydroxyl groups is 1. The van der Waals surface area contributed by atoms with Crippen molar-refractivity contribution < 1.29 is 22.2 Å². The van der Waals surface area contributed by atoms with E-state index in [0.717, 1.165) is 10.1 Å². The Morgan fingerprint density at radius 2 is 1.82 bits per heavy atom. The van der Waals surface area contributed by atoms with Gasteiger partial charge in [0, 0.05) is 25.3 Å². The van der Waals surface area contributed by atoms with E-state index in [1.165, 1.54) is 26.2 Å². The molecule has 0 spiro atoms. The number of phenolic OH excluding ortho intramolecular Hbond substituents is 1. The number of hydrogen-bond donors (Lipinski definition) is 3. The van der Waals surface area contributed by atoms with E-state index in [1.54, 1.807) is 19.1 Å². The van der Waals surface area contributed by atoms with Crippen LogP contribution in [0, 0.1) is 6.92 Å². The molecule has 13 heteroatoms. The van der Waals surface area contributed by atoms with Crippen LogP contribution in [0.3, 0.4) is 0 Å². The summed E-state index contributed by atoms with van der Waals surface area (Å²) in [4.78, 5) is 4.04. The molecule has 0 amide bonds. The number of nitrogens with zero attached hydrogens (tertiary/aromatic N) is 3. The fourth-order valence-corrected chi connectivity index (χ4v) is 4.67. The van der Waals surface area contributed by atoms with E-state index in [2.05, 4.69) is 42.1 Å². The number of furan rings is 1. The molecule has 192 valence electrons. The lowest BCUT2D eigenvalue weighted by Crippen LogP contribution is -2.31. The minimum absolute atomic E-state index is 0.00239. The number of phenols is 1. The Bertz CT molecular complexity index is 1090. The van der Waals surface area contributed by atoms with Crippen LogP contribution in [0.2, 0.25) is 0 Å². The Morgan fingerprint density at radius 3 is 2.32 bits per heavy atom. The molecule has 0 aliphatic carbocycles. The molecule has 0 saturated carbocycles. The highest BCUT2D eigenvalue weighted by Crippen LogP contribution is 2.38. The van der Waals surface area contributed by atoms with Crippen LogP contribution in [-0.4, -0.2) is 55.2 Å². The third-order valence-corrected chi connectivity index (χ3v) is 7.27. The van der Waals surface area contributed by atoms with E-state index in [4.69, 9.17) is 4.42 Å². The molecule has 2 rings (SSSR count). The standard InChI is InChI=1S/C17H22BrN5O5S2.2C2H6/c1-11-5-6-12(28-11)9-21-15(22-29(25)19-2)10-20-14-8-7-13(18)17(16(14)24)30(26,27)23(3)4;2*1-2/h5-8,20,24H,2,9-10H2,1,3-4H3,(H,21,22);2*1-2H3. The van der Waals surface area contributed by atoms with Gasteiger partial charge in [0.2, 0.25) is 21.2 Å². The lowest BCUT2D eigenvalue weighted by molar-refractivity contribution is 0.453. The minimum atomic E-state index is -3.90. The second-order valence-corrected chi connectivity index (χ2v) is 10.1. The number of anilines is 1. The van der Waals surface area contributed by atoms with Crippen LogP contribution in [-0.2, 0) is 27.7 Å². The lowest BCUT2D eigenvalue weighted by atomic mass is 10.3. The van der Waals surface area contributed by atoms with Gasteiger partial charge >= 0.3 is 0 Å². The Kier molecular flexibility index (Phi) is 14.6. The molecule has 1 heterocycles. The Labute approximate surface area is 213 Å². The average molecular weight is 581 g/mol. The molecular weight excluding hydrogens is 546 g/mol. The highest BCUT2D eigenvalue weighted by atomic mass is 79.9. The van der Waals surface area contributed by atoms with E-state index in [0.29, 0.717) is 5.76 Å². The van der Waals surface area contributed by atoms with Crippen molar-refractivity contribution in [3.63, 3.8) is 0 Å². The number of nitrogens with one attached hydrogen (secondary N) is 2. The topological polar surface area (TPSA) is 137 Å². The van der Waals surface area contributed by atoms with Crippen molar-refractivity contribution in [1.29, 1.82) is 0 Å². The molecule has 3 N–H and O–H groups in total. The predicted octanol–water partition coefficient (Wildman–Crippen LogP) is 4.24. The first-order valence-corrected chi connectivity index (χ1v) is 13.8. The van der Waals surface area contributed by atoms with Gasteiger partial charge in [0.1, 0.15) is 22.3 Å². The average Bonchev–Trinajstić information content (AvgIpc) is 3.24. The summed E-state index contributed by atoms with van der Waals surface area (Å²) in [5, 5.41) is 13.4. The van der Waals surface area contributed by atoms with Crippen LogP contribution in [0.15, 0.2) is 47.4 Å². The van der Waals surface area contributed by atoms with Gasteiger partial charge in [-0.05, 0) is 47.1 Å². The van der Waals surface area contributed by atoms with Crippen LogP contribution in [0.5, 0.6) is 5.75 Å². The first kappa shape index (κ1) is 31.8. The van der Waals surface area contributed by atoms with E-state index in [1.807, 2.05) is 27.7 Å². The van der Waals surface area contributed by atoms with Gasteiger partial charge in [-0.25, -0.2) is 16.9 Å². The van der Waals surface area contributed by atoms with Gasteiger partial charge in [0.15, 0.2) is 5.75 Å². The van der Waals surface area contributed by atoms with E-state index in [9.17, 15) is 17.7 Å². The number of amidine groups is 1. The maximum Gasteiger partial charge on any atom is 0.247 e. The summed E-state index contributed by atoms with van der Waals surface area (Å²) in [7, 11) is -1.17. The van der Waals surface area contributed by atoms with Crippen LogP contribution in [0.4, 0.5) is 5.69 Å². The smallest absolute Gasteiger partial charge is 0.247 e. The summed E-state index contributed by atoms with van der Waals surface area (Å²) in [5.41, 5.74) is 0.152. The predicted molar refractivity (Wildman–Crippen MR) is 143 cm³/mol. The van der Waals surface area contributed by atoms with Crippen molar-refractivity contribution >= 4 is 55.4 Å². The molecule has 1 aromatic carbocycles. The molecule has 34 heavy (non-hydrogen) atoms. The van der Waals surface area contributed by atoms with Gasteiger partial charge in [-0.15, -0.1) is 0 Å². The van der Waals surface area contributed by atoms with Gasteiger partial charge in [-0.2, -0.15) is 4.40 Å². The maximum absolute atomic E-state index is 12.5. The van der Waals surface area contributed by atoms with Crippen LogP contribution in [0.25, 0.3) is 0 Å². The van der Waals surface area contributed by atoms with Gasteiger partial charge < -0.3 is 14.8 Å². The van der Waals surface area contributed by atoms with Crippen molar-refractivity contribution in [2.45, 2.75) is 46.1 Å². The molecule has 0 radical (unpaired) electrons. The molecular formula is C21H34BrN5O5S2. The summed E-state index contributed by atoms with van der Waals surface area (Å²) in [6.07, 6.45) is 0. The van der Waals surface area contributed by atoms with E-state index < -0.39 is 26.9 Å². The number of hydrogen-bond acceptors (Lipinski definition) is 7. The number of aryl methyl sites for hydroxylation is 1.